The van der Waals surface area contributed by atoms with Gasteiger partial charge in [-0.25, -0.2) is 4.79 Å². The molecular weight excluding hydrogens is 511 g/mol. The summed E-state index contributed by atoms with van der Waals surface area (Å²) in [4.78, 5) is 25.4. The molecular formula is C27H25ClF3NO5. The number of methoxy groups -OCH3 is 1. The molecule has 0 fully saturated rings. The number of rotatable bonds is 9. The summed E-state index contributed by atoms with van der Waals surface area (Å²) in [5, 5.41) is 9.72. The van der Waals surface area contributed by atoms with Crippen molar-refractivity contribution in [1.29, 1.82) is 0 Å². The smallest absolute Gasteiger partial charge is 0.416 e. The molecule has 0 radical (unpaired) electrons. The van der Waals surface area contributed by atoms with Crippen LogP contribution in [0.5, 0.6) is 5.75 Å². The van der Waals surface area contributed by atoms with Crippen molar-refractivity contribution in [2.45, 2.75) is 32.7 Å². The first-order valence-electron chi connectivity index (χ1n) is 11.3. The van der Waals surface area contributed by atoms with E-state index in [1.807, 2.05) is 0 Å². The molecule has 0 atom stereocenters. The van der Waals surface area contributed by atoms with Gasteiger partial charge in [0.2, 0.25) is 0 Å². The Morgan fingerprint density at radius 1 is 0.973 bits per heavy atom. The number of ether oxygens (including phenoxy) is 2. The molecule has 0 aliphatic carbocycles. The molecule has 6 nitrogen and oxygen atoms in total. The molecule has 10 heteroatoms. The van der Waals surface area contributed by atoms with Gasteiger partial charge < -0.3 is 19.5 Å². The van der Waals surface area contributed by atoms with Crippen molar-refractivity contribution in [3.05, 3.63) is 87.9 Å². The molecule has 0 saturated carbocycles. The van der Waals surface area contributed by atoms with Crippen molar-refractivity contribution in [2.24, 2.45) is 0 Å². The molecule has 0 unspecified atom stereocenters. The van der Waals surface area contributed by atoms with Crippen LogP contribution in [0.15, 0.2) is 60.7 Å². The van der Waals surface area contributed by atoms with Crippen molar-refractivity contribution in [1.82, 2.24) is 4.90 Å². The van der Waals surface area contributed by atoms with Crippen LogP contribution in [0.2, 0.25) is 5.02 Å². The third-order valence-electron chi connectivity index (χ3n) is 5.62. The van der Waals surface area contributed by atoms with Crippen molar-refractivity contribution >= 4 is 23.7 Å². The number of nitrogens with zero attached hydrogens (tertiary/aromatic N) is 1. The number of hydrogen-bond donors (Lipinski definition) is 1. The van der Waals surface area contributed by atoms with Crippen LogP contribution in [0.25, 0.3) is 11.1 Å². The fraction of sp³-hybridized carbons (Fsp3) is 0.259. The quantitative estimate of drug-likeness (QED) is 0.325. The normalized spacial score (nSPS) is 11.2. The highest BCUT2D eigenvalue weighted by Gasteiger charge is 2.32. The summed E-state index contributed by atoms with van der Waals surface area (Å²) in [6, 6.07) is 14.5. The lowest BCUT2D eigenvalue weighted by atomic mass is 9.94. The molecule has 3 aromatic rings. The van der Waals surface area contributed by atoms with Crippen LogP contribution in [0, 0.1) is 0 Å². The van der Waals surface area contributed by atoms with Crippen LogP contribution in [0.4, 0.5) is 18.0 Å². The first kappa shape index (κ1) is 27.9. The highest BCUT2D eigenvalue weighted by atomic mass is 35.5. The molecule has 0 aliphatic rings. The second kappa shape index (κ2) is 12.0. The molecule has 1 amide bonds. The zero-order chi connectivity index (χ0) is 27.2. The lowest BCUT2D eigenvalue weighted by Gasteiger charge is -2.23. The van der Waals surface area contributed by atoms with Gasteiger partial charge in [-0.15, -0.1) is 0 Å². The number of amides is 1. The highest BCUT2D eigenvalue weighted by Crippen LogP contribution is 2.38. The first-order chi connectivity index (χ1) is 17.5. The van der Waals surface area contributed by atoms with Gasteiger partial charge >= 0.3 is 18.2 Å². The Bertz CT molecular complexity index is 1260. The average Bonchev–Trinajstić information content (AvgIpc) is 2.85. The minimum Gasteiger partial charge on any atom is -0.496 e. The molecule has 3 rings (SSSR count). The molecule has 196 valence electrons. The number of carbonyl (C=O) groups excluding carboxylic acids is 1. The first-order valence-corrected chi connectivity index (χ1v) is 11.6. The highest BCUT2D eigenvalue weighted by molar-refractivity contribution is 6.30. The molecule has 0 aliphatic heterocycles. The number of carboxylic acid groups (broad SMARTS) is 1. The molecule has 0 aromatic heterocycles. The zero-order valence-corrected chi connectivity index (χ0v) is 20.9. The Labute approximate surface area is 217 Å². The minimum atomic E-state index is -4.61. The summed E-state index contributed by atoms with van der Waals surface area (Å²) in [6.07, 6.45) is -5.57. The van der Waals surface area contributed by atoms with Gasteiger partial charge in [0, 0.05) is 23.7 Å². The largest absolute Gasteiger partial charge is 0.496 e. The van der Waals surface area contributed by atoms with Gasteiger partial charge in [-0.05, 0) is 65.6 Å². The standard InChI is InChI=1S/C27H25ClF3NO5/c1-3-32(26(35)37-16-17-4-9-21(28)10-5-17)15-19-7-8-20(27(29,30)31)14-22(19)23-12-18(13-25(33)34)6-11-24(23)36-2/h4-12,14H,3,13,15-16H2,1-2H3,(H,33,34). The van der Waals surface area contributed by atoms with E-state index >= 15 is 0 Å². The van der Waals surface area contributed by atoms with Crippen molar-refractivity contribution in [3.8, 4) is 16.9 Å². The Balaban J connectivity index is 1.97. The van der Waals surface area contributed by atoms with E-state index in [1.165, 1.54) is 36.3 Å². The summed E-state index contributed by atoms with van der Waals surface area (Å²) in [6.45, 7) is 1.91. The van der Waals surface area contributed by atoms with Crippen LogP contribution in [0.3, 0.4) is 0 Å². The lowest BCUT2D eigenvalue weighted by Crippen LogP contribution is -2.31. The van der Waals surface area contributed by atoms with Crippen LogP contribution in [-0.4, -0.2) is 35.7 Å². The third-order valence-corrected chi connectivity index (χ3v) is 5.88. The molecule has 37 heavy (non-hydrogen) atoms. The van der Waals surface area contributed by atoms with Gasteiger partial charge in [-0.3, -0.25) is 4.79 Å². The van der Waals surface area contributed by atoms with E-state index in [0.717, 1.165) is 17.7 Å². The predicted octanol–water partition coefficient (Wildman–Crippen LogP) is 6.82. The fourth-order valence-electron chi connectivity index (χ4n) is 3.72. The van der Waals surface area contributed by atoms with Gasteiger partial charge in [0.25, 0.3) is 0 Å². The molecule has 3 aromatic carbocycles. The molecule has 0 spiro atoms. The van der Waals surface area contributed by atoms with Gasteiger partial charge in [-0.2, -0.15) is 13.2 Å². The van der Waals surface area contributed by atoms with E-state index in [9.17, 15) is 27.9 Å². The maximum Gasteiger partial charge on any atom is 0.416 e. The Hall–Kier alpha value is -3.72. The number of alkyl halides is 3. The monoisotopic (exact) mass is 535 g/mol. The van der Waals surface area contributed by atoms with Crippen molar-refractivity contribution < 1.29 is 37.3 Å². The molecule has 0 saturated heterocycles. The second-order valence-electron chi connectivity index (χ2n) is 8.17. The van der Waals surface area contributed by atoms with E-state index in [1.54, 1.807) is 31.2 Å². The summed E-state index contributed by atoms with van der Waals surface area (Å²) >= 11 is 5.87. The lowest BCUT2D eigenvalue weighted by molar-refractivity contribution is -0.138. The van der Waals surface area contributed by atoms with Crippen molar-refractivity contribution in [2.75, 3.05) is 13.7 Å². The average molecular weight is 536 g/mol. The van der Waals surface area contributed by atoms with E-state index in [-0.39, 0.29) is 43.0 Å². The van der Waals surface area contributed by atoms with Gasteiger partial charge in [0.05, 0.1) is 19.1 Å². The Kier molecular flexibility index (Phi) is 9.04. The number of hydrogen-bond acceptors (Lipinski definition) is 4. The van der Waals surface area contributed by atoms with Gasteiger partial charge in [0.1, 0.15) is 12.4 Å². The molecule has 1 N–H and O–H groups in total. The third kappa shape index (κ3) is 7.39. The van der Waals surface area contributed by atoms with E-state index in [0.29, 0.717) is 16.1 Å². The second-order valence-corrected chi connectivity index (χ2v) is 8.61. The summed E-state index contributed by atoms with van der Waals surface area (Å²) in [5.41, 5.74) is 1.09. The molecule has 0 bridgehead atoms. The summed E-state index contributed by atoms with van der Waals surface area (Å²) in [5.74, 6) is -0.816. The van der Waals surface area contributed by atoms with Crippen molar-refractivity contribution in [3.63, 3.8) is 0 Å². The topological polar surface area (TPSA) is 76.1 Å². The number of halogens is 4. The fourth-order valence-corrected chi connectivity index (χ4v) is 3.85. The van der Waals surface area contributed by atoms with E-state index in [2.05, 4.69) is 0 Å². The van der Waals surface area contributed by atoms with Crippen LogP contribution in [0.1, 0.15) is 29.2 Å². The maximum absolute atomic E-state index is 13.6. The Morgan fingerprint density at radius 3 is 2.24 bits per heavy atom. The van der Waals surface area contributed by atoms with E-state index in [4.69, 9.17) is 21.1 Å². The minimum absolute atomic E-state index is 0.00255. The zero-order valence-electron chi connectivity index (χ0n) is 20.1. The van der Waals surface area contributed by atoms with Crippen LogP contribution < -0.4 is 4.74 Å². The molecule has 0 heterocycles. The SMILES string of the molecule is CCN(Cc1ccc(C(F)(F)F)cc1-c1cc(CC(=O)O)ccc1OC)C(=O)OCc1ccc(Cl)cc1. The summed E-state index contributed by atoms with van der Waals surface area (Å²) in [7, 11) is 1.37. The van der Waals surface area contributed by atoms with Crippen LogP contribution >= 0.6 is 11.6 Å². The van der Waals surface area contributed by atoms with E-state index < -0.39 is 23.8 Å². The predicted molar refractivity (Wildman–Crippen MR) is 132 cm³/mol. The number of aliphatic carboxylic acids is 1. The Morgan fingerprint density at radius 2 is 1.65 bits per heavy atom. The van der Waals surface area contributed by atoms with Gasteiger partial charge in [-0.1, -0.05) is 35.9 Å². The van der Waals surface area contributed by atoms with Crippen LogP contribution in [-0.2, 0) is 35.3 Å². The number of carbonyl (C=O) groups is 2. The number of benzene rings is 3. The maximum atomic E-state index is 13.6. The van der Waals surface area contributed by atoms with Gasteiger partial charge in [0.15, 0.2) is 0 Å². The number of carboxylic acids is 1. The summed E-state index contributed by atoms with van der Waals surface area (Å²) < 4.78 is 51.5.